The molecule has 0 atom stereocenters. The van der Waals surface area contributed by atoms with Crippen LogP contribution in [0.2, 0.25) is 0 Å². The second-order valence-electron chi connectivity index (χ2n) is 15.5. The first-order chi connectivity index (χ1) is 29.3. The molecular formula is C53H42N7+3. The third kappa shape index (κ3) is 7.01. The van der Waals surface area contributed by atoms with Gasteiger partial charge in [-0.1, -0.05) is 41.7 Å². The highest BCUT2D eigenvalue weighted by molar-refractivity contribution is 5.99. The van der Waals surface area contributed by atoms with E-state index in [-0.39, 0.29) is 0 Å². The van der Waals surface area contributed by atoms with Gasteiger partial charge in [-0.2, -0.15) is 0 Å². The quantitative estimate of drug-likeness (QED) is 0.138. The van der Waals surface area contributed by atoms with Gasteiger partial charge in [-0.15, -0.1) is 0 Å². The molecule has 6 aromatic heterocycles. The van der Waals surface area contributed by atoms with Crippen molar-refractivity contribution in [1.29, 1.82) is 0 Å². The zero-order chi connectivity index (χ0) is 40.7. The molecule has 7 heteroatoms. The Labute approximate surface area is 349 Å². The van der Waals surface area contributed by atoms with Crippen molar-refractivity contribution in [3.63, 3.8) is 0 Å². The van der Waals surface area contributed by atoms with E-state index in [1.165, 1.54) is 5.56 Å². The molecule has 0 unspecified atom stereocenters. The lowest BCUT2D eigenvalue weighted by Crippen LogP contribution is -2.25. The molecule has 8 heterocycles. The van der Waals surface area contributed by atoms with Crippen LogP contribution in [0.4, 0.5) is 0 Å². The van der Waals surface area contributed by atoms with E-state index >= 15 is 0 Å². The number of nitrogens with zero attached hydrogens (tertiary/aromatic N) is 5. The number of aryl methyl sites for hydroxylation is 4. The second kappa shape index (κ2) is 15.1. The van der Waals surface area contributed by atoms with Gasteiger partial charge in [0, 0.05) is 91.8 Å². The van der Waals surface area contributed by atoms with Crippen LogP contribution < -0.4 is 13.7 Å². The van der Waals surface area contributed by atoms with Crippen molar-refractivity contribution >= 4 is 46.4 Å². The van der Waals surface area contributed by atoms with E-state index in [0.29, 0.717) is 0 Å². The van der Waals surface area contributed by atoms with Gasteiger partial charge in [-0.3, -0.25) is 0 Å². The van der Waals surface area contributed by atoms with Crippen LogP contribution in [0.1, 0.15) is 39.5 Å². The molecule has 8 aromatic rings. The fourth-order valence-corrected chi connectivity index (χ4v) is 7.92. The Morgan fingerprint density at radius 1 is 0.367 bits per heavy atom. The minimum absolute atomic E-state index is 0.862. The number of rotatable bonds is 4. The summed E-state index contributed by atoms with van der Waals surface area (Å²) in [6.07, 6.45) is 21.0. The van der Waals surface area contributed by atoms with Crippen LogP contribution in [0.15, 0.2) is 146 Å². The monoisotopic (exact) mass is 776 g/mol. The molecule has 0 saturated carbocycles. The number of aromatic nitrogens is 7. The zero-order valence-corrected chi connectivity index (χ0v) is 33.9. The molecule has 60 heavy (non-hydrogen) atoms. The predicted octanol–water partition coefficient (Wildman–Crippen LogP) is 9.51. The average Bonchev–Trinajstić information content (AvgIpc) is 4.11. The normalized spacial score (nSPS) is 11.7. The fourth-order valence-electron chi connectivity index (χ4n) is 7.92. The molecule has 0 aliphatic carbocycles. The average molecular weight is 777 g/mol. The Morgan fingerprint density at radius 3 is 0.967 bits per heavy atom. The number of pyridine rings is 3. The maximum Gasteiger partial charge on any atom is 0.169 e. The molecule has 2 aromatic carbocycles. The van der Waals surface area contributed by atoms with Crippen LogP contribution in [0.3, 0.4) is 0 Å². The summed E-state index contributed by atoms with van der Waals surface area (Å²) in [5, 5.41) is 0. The number of hydrogen-bond acceptors (Lipinski definition) is 2. The summed E-state index contributed by atoms with van der Waals surface area (Å²) in [5.41, 5.74) is 18.7. The third-order valence-corrected chi connectivity index (χ3v) is 11.1. The van der Waals surface area contributed by atoms with Gasteiger partial charge in [0.25, 0.3) is 0 Å². The fraction of sp³-hybridized carbons (Fsp3) is 0.0755. The molecule has 7 nitrogen and oxygen atoms in total. The van der Waals surface area contributed by atoms with Gasteiger partial charge in [0.1, 0.15) is 21.1 Å². The molecule has 2 N–H and O–H groups in total. The first-order valence-electron chi connectivity index (χ1n) is 20.1. The molecule has 2 aliphatic heterocycles. The SMILES string of the molecule is Cc1ccc(C#Cc2ccc(-c3c4nc(c(-c5cc[n+](C)cc5)c5ccc([nH]5)c(-c5cc[n+](C)cc5)c5nc(c(-c6cc[n+](C)cc6)c6ccc3[nH]6)C=C5)C=C4)cc2)cc1. The summed E-state index contributed by atoms with van der Waals surface area (Å²) in [5.74, 6) is 6.68. The van der Waals surface area contributed by atoms with Crippen molar-refractivity contribution in [1.82, 2.24) is 19.9 Å². The van der Waals surface area contributed by atoms with Gasteiger partial charge in [-0.05, 0) is 102 Å². The lowest BCUT2D eigenvalue weighted by Gasteiger charge is -2.06. The lowest BCUT2D eigenvalue weighted by molar-refractivity contribution is -0.671. The zero-order valence-electron chi connectivity index (χ0n) is 33.9. The lowest BCUT2D eigenvalue weighted by atomic mass is 10.0. The van der Waals surface area contributed by atoms with Gasteiger partial charge >= 0.3 is 0 Å². The van der Waals surface area contributed by atoms with Crippen molar-refractivity contribution in [2.45, 2.75) is 6.92 Å². The Kier molecular flexibility index (Phi) is 9.15. The van der Waals surface area contributed by atoms with Gasteiger partial charge in [0.15, 0.2) is 37.2 Å². The largest absolute Gasteiger partial charge is 0.354 e. The summed E-state index contributed by atoms with van der Waals surface area (Å²) in [4.78, 5) is 18.6. The van der Waals surface area contributed by atoms with Crippen LogP contribution >= 0.6 is 0 Å². The molecule has 0 saturated heterocycles. The molecule has 0 spiro atoms. The summed E-state index contributed by atoms with van der Waals surface area (Å²) in [6.45, 7) is 2.09. The highest BCUT2D eigenvalue weighted by atomic mass is 14.9. The van der Waals surface area contributed by atoms with Gasteiger partial charge in [0.2, 0.25) is 0 Å². The summed E-state index contributed by atoms with van der Waals surface area (Å²) < 4.78 is 6.15. The van der Waals surface area contributed by atoms with Crippen LogP contribution in [-0.4, -0.2) is 19.9 Å². The van der Waals surface area contributed by atoms with Crippen LogP contribution in [-0.2, 0) is 21.1 Å². The van der Waals surface area contributed by atoms with Crippen molar-refractivity contribution in [2.24, 2.45) is 21.1 Å². The van der Waals surface area contributed by atoms with Crippen LogP contribution in [0.25, 0.3) is 90.9 Å². The van der Waals surface area contributed by atoms with E-state index in [4.69, 9.17) is 9.97 Å². The molecule has 286 valence electrons. The maximum absolute atomic E-state index is 5.46. The number of H-pyrrole nitrogens is 2. The number of nitrogens with one attached hydrogen (secondary N) is 2. The van der Waals surface area contributed by atoms with Gasteiger partial charge in [0.05, 0.1) is 22.8 Å². The summed E-state index contributed by atoms with van der Waals surface area (Å²) >= 11 is 0. The number of benzene rings is 2. The molecule has 0 fully saturated rings. The first kappa shape index (κ1) is 36.4. The van der Waals surface area contributed by atoms with Crippen molar-refractivity contribution in [2.75, 3.05) is 0 Å². The van der Waals surface area contributed by atoms with E-state index in [1.807, 2.05) is 34.8 Å². The molecule has 2 aliphatic rings. The Hall–Kier alpha value is -7.95. The van der Waals surface area contributed by atoms with E-state index in [0.717, 1.165) is 100 Å². The number of fused-ring (bicyclic) bond motifs is 8. The number of hydrogen-bond donors (Lipinski definition) is 2. The highest BCUT2D eigenvalue weighted by Crippen LogP contribution is 2.38. The molecule has 10 rings (SSSR count). The van der Waals surface area contributed by atoms with Crippen molar-refractivity contribution < 1.29 is 13.7 Å². The number of aromatic amines is 2. The minimum atomic E-state index is 0.862. The standard InChI is InChI=1S/C53H41N7/c1-35-5-7-36(8-6-35)9-10-37-11-13-38(14-12-37)50-42-15-17-44(54-42)51(39-23-29-58(2)30-24-39)46-19-21-48(56-46)53(41-27-33-60(4)34-28-41)49-22-20-47(57-49)52(45-18-16-43(50)55-45)40-25-31-59(3)32-26-40/h5-8,11-34H,1-4H3,(H,54,55,56,57)/q+2/p+1. The Bertz CT molecular complexity index is 3200. The smallest absolute Gasteiger partial charge is 0.169 e. The van der Waals surface area contributed by atoms with E-state index in [1.54, 1.807) is 0 Å². The first-order valence-corrected chi connectivity index (χ1v) is 20.1. The molecule has 0 radical (unpaired) electrons. The van der Waals surface area contributed by atoms with E-state index in [2.05, 4.69) is 199 Å². The maximum atomic E-state index is 5.46. The van der Waals surface area contributed by atoms with E-state index in [9.17, 15) is 0 Å². The van der Waals surface area contributed by atoms with Crippen LogP contribution in [0.5, 0.6) is 0 Å². The topological polar surface area (TPSA) is 69.0 Å². The third-order valence-electron chi connectivity index (χ3n) is 11.1. The predicted molar refractivity (Wildman–Crippen MR) is 241 cm³/mol. The van der Waals surface area contributed by atoms with Gasteiger partial charge < -0.3 is 9.97 Å². The van der Waals surface area contributed by atoms with Gasteiger partial charge in [-0.25, -0.2) is 23.7 Å². The van der Waals surface area contributed by atoms with Crippen molar-refractivity contribution in [3.05, 3.63) is 186 Å². The van der Waals surface area contributed by atoms with E-state index < -0.39 is 0 Å². The molecule has 8 bridgehead atoms. The Balaban J connectivity index is 1.28. The van der Waals surface area contributed by atoms with Crippen molar-refractivity contribution in [3.8, 4) is 56.3 Å². The molecular weight excluding hydrogens is 735 g/mol. The minimum Gasteiger partial charge on any atom is -0.354 e. The Morgan fingerprint density at radius 2 is 0.650 bits per heavy atom. The summed E-state index contributed by atoms with van der Waals surface area (Å²) in [7, 11) is 6.10. The molecule has 0 amide bonds. The van der Waals surface area contributed by atoms with Crippen LogP contribution in [0, 0.1) is 18.8 Å². The highest BCUT2D eigenvalue weighted by Gasteiger charge is 2.20. The second-order valence-corrected chi connectivity index (χ2v) is 15.5. The summed E-state index contributed by atoms with van der Waals surface area (Å²) in [6, 6.07) is 38.3.